The van der Waals surface area contributed by atoms with Crippen LogP contribution in [0.2, 0.25) is 10.0 Å². The van der Waals surface area contributed by atoms with Gasteiger partial charge in [-0.2, -0.15) is 4.31 Å². The summed E-state index contributed by atoms with van der Waals surface area (Å²) in [6, 6.07) is 3.96. The zero-order valence-corrected chi connectivity index (χ0v) is 11.7. The van der Waals surface area contributed by atoms with E-state index in [0.717, 1.165) is 4.31 Å². The minimum atomic E-state index is -3.83. The van der Waals surface area contributed by atoms with E-state index in [4.69, 9.17) is 33.4 Å². The highest BCUT2D eigenvalue weighted by Gasteiger charge is 2.24. The van der Waals surface area contributed by atoms with Gasteiger partial charge in [0.1, 0.15) is 0 Å². The minimum Gasteiger partial charge on any atom is -0.395 e. The molecule has 0 fully saturated rings. The largest absolute Gasteiger partial charge is 0.395 e. The molecule has 102 valence electrons. The van der Waals surface area contributed by atoms with Crippen LogP contribution in [0.5, 0.6) is 0 Å². The predicted octanol–water partition coefficient (Wildman–Crippen LogP) is 0.969. The van der Waals surface area contributed by atoms with Crippen molar-refractivity contribution in [3.63, 3.8) is 0 Å². The summed E-state index contributed by atoms with van der Waals surface area (Å²) < 4.78 is 25.4. The average molecular weight is 314 g/mol. The topological polar surface area (TPSA) is 77.8 Å². The van der Waals surface area contributed by atoms with Gasteiger partial charge in [0.05, 0.1) is 18.1 Å². The summed E-state index contributed by atoms with van der Waals surface area (Å²) in [4.78, 5) is -0.0677. The molecule has 0 radical (unpaired) electrons. The van der Waals surface area contributed by atoms with Crippen LogP contribution in [-0.4, -0.2) is 49.2 Å². The van der Waals surface area contributed by atoms with Gasteiger partial charge in [0.15, 0.2) is 0 Å². The van der Waals surface area contributed by atoms with Crippen LogP contribution in [0.3, 0.4) is 0 Å². The molecule has 0 atom stereocenters. The maximum absolute atomic E-state index is 12.2. The van der Waals surface area contributed by atoms with E-state index in [9.17, 15) is 8.42 Å². The summed E-state index contributed by atoms with van der Waals surface area (Å²) >= 11 is 11.5. The van der Waals surface area contributed by atoms with E-state index in [2.05, 4.69) is 0 Å². The van der Waals surface area contributed by atoms with Crippen molar-refractivity contribution in [1.29, 1.82) is 0 Å². The molecule has 18 heavy (non-hydrogen) atoms. The Morgan fingerprint density at radius 3 is 1.83 bits per heavy atom. The molecule has 0 unspecified atom stereocenters. The zero-order chi connectivity index (χ0) is 13.8. The van der Waals surface area contributed by atoms with Gasteiger partial charge in [-0.25, -0.2) is 8.42 Å². The molecule has 1 aromatic carbocycles. The number of hydrogen-bond donors (Lipinski definition) is 2. The number of aliphatic hydroxyl groups is 2. The Kier molecular flexibility index (Phi) is 5.84. The quantitative estimate of drug-likeness (QED) is 0.820. The molecule has 8 heteroatoms. The lowest BCUT2D eigenvalue weighted by Crippen LogP contribution is -2.35. The van der Waals surface area contributed by atoms with Gasteiger partial charge in [-0.3, -0.25) is 0 Å². The Morgan fingerprint density at radius 2 is 1.44 bits per heavy atom. The summed E-state index contributed by atoms with van der Waals surface area (Å²) in [5.41, 5.74) is 0. The lowest BCUT2D eigenvalue weighted by Gasteiger charge is -2.20. The highest BCUT2D eigenvalue weighted by atomic mass is 35.5. The van der Waals surface area contributed by atoms with Crippen molar-refractivity contribution < 1.29 is 18.6 Å². The molecule has 0 bridgehead atoms. The Bertz CT molecular complexity index is 480. The fraction of sp³-hybridized carbons (Fsp3) is 0.400. The van der Waals surface area contributed by atoms with Crippen molar-refractivity contribution in [3.05, 3.63) is 28.2 Å². The SMILES string of the molecule is O=S(=O)(c1cc(Cl)cc(Cl)c1)N(CCO)CCO. The minimum absolute atomic E-state index is 0.0677. The average Bonchev–Trinajstić information content (AvgIpc) is 2.27. The normalized spacial score (nSPS) is 12.1. The van der Waals surface area contributed by atoms with Gasteiger partial charge in [-0.15, -0.1) is 0 Å². The van der Waals surface area contributed by atoms with Crippen LogP contribution in [0.25, 0.3) is 0 Å². The molecule has 0 heterocycles. The highest BCUT2D eigenvalue weighted by molar-refractivity contribution is 7.89. The van der Waals surface area contributed by atoms with E-state index in [1.807, 2.05) is 0 Å². The third-order valence-corrected chi connectivity index (χ3v) is 4.49. The first-order valence-electron chi connectivity index (χ1n) is 5.09. The first kappa shape index (κ1) is 15.7. The molecule has 1 rings (SSSR count). The van der Waals surface area contributed by atoms with Crippen molar-refractivity contribution in [2.75, 3.05) is 26.3 Å². The molecule has 0 aliphatic heterocycles. The standard InChI is InChI=1S/C10H13Cl2NO4S/c11-8-5-9(12)7-10(6-8)18(16,17)13(1-3-14)2-4-15/h5-7,14-15H,1-4H2. The summed E-state index contributed by atoms with van der Waals surface area (Å²) in [6.45, 7) is -0.888. The molecule has 0 aromatic heterocycles. The van der Waals surface area contributed by atoms with Crippen LogP contribution < -0.4 is 0 Å². The fourth-order valence-corrected chi connectivity index (χ4v) is 3.55. The third kappa shape index (κ3) is 3.81. The number of aliphatic hydroxyl groups excluding tert-OH is 2. The monoisotopic (exact) mass is 313 g/mol. The van der Waals surface area contributed by atoms with Gasteiger partial charge in [-0.05, 0) is 18.2 Å². The molecular formula is C10H13Cl2NO4S. The van der Waals surface area contributed by atoms with Crippen LogP contribution in [0.15, 0.2) is 23.1 Å². The number of rotatable bonds is 6. The molecular weight excluding hydrogens is 301 g/mol. The van der Waals surface area contributed by atoms with Gasteiger partial charge in [0, 0.05) is 23.1 Å². The van der Waals surface area contributed by atoms with Crippen LogP contribution in [0.1, 0.15) is 0 Å². The zero-order valence-electron chi connectivity index (χ0n) is 9.38. The van der Waals surface area contributed by atoms with Crippen LogP contribution in [0, 0.1) is 0 Å². The van der Waals surface area contributed by atoms with Crippen molar-refractivity contribution in [2.45, 2.75) is 4.90 Å². The molecule has 0 aliphatic carbocycles. The van der Waals surface area contributed by atoms with E-state index < -0.39 is 10.0 Å². The highest BCUT2D eigenvalue weighted by Crippen LogP contribution is 2.24. The molecule has 0 saturated heterocycles. The van der Waals surface area contributed by atoms with Crippen molar-refractivity contribution in [2.24, 2.45) is 0 Å². The van der Waals surface area contributed by atoms with Gasteiger partial charge >= 0.3 is 0 Å². The molecule has 0 saturated carbocycles. The van der Waals surface area contributed by atoms with Crippen LogP contribution >= 0.6 is 23.2 Å². The summed E-state index contributed by atoms with van der Waals surface area (Å²) in [5, 5.41) is 18.1. The Labute approximate surface area is 116 Å². The number of benzene rings is 1. The van der Waals surface area contributed by atoms with E-state index in [1.165, 1.54) is 18.2 Å². The maximum atomic E-state index is 12.2. The van der Waals surface area contributed by atoms with Gasteiger partial charge in [0.2, 0.25) is 10.0 Å². The second-order valence-corrected chi connectivity index (χ2v) is 6.27. The number of sulfonamides is 1. The van der Waals surface area contributed by atoms with Crippen molar-refractivity contribution >= 4 is 33.2 Å². The van der Waals surface area contributed by atoms with Crippen molar-refractivity contribution in [3.8, 4) is 0 Å². The maximum Gasteiger partial charge on any atom is 0.243 e. The number of halogens is 2. The first-order valence-corrected chi connectivity index (χ1v) is 7.29. The summed E-state index contributed by atoms with van der Waals surface area (Å²) in [7, 11) is -3.83. The molecule has 2 N–H and O–H groups in total. The molecule has 0 aliphatic rings. The van der Waals surface area contributed by atoms with E-state index in [-0.39, 0.29) is 41.2 Å². The third-order valence-electron chi connectivity index (χ3n) is 2.17. The Balaban J connectivity index is 3.17. The second-order valence-electron chi connectivity index (χ2n) is 3.46. The predicted molar refractivity (Wildman–Crippen MR) is 69.4 cm³/mol. The van der Waals surface area contributed by atoms with E-state index >= 15 is 0 Å². The van der Waals surface area contributed by atoms with E-state index in [1.54, 1.807) is 0 Å². The summed E-state index contributed by atoms with van der Waals surface area (Å²) in [6.07, 6.45) is 0. The van der Waals surface area contributed by atoms with E-state index in [0.29, 0.717) is 0 Å². The van der Waals surface area contributed by atoms with Crippen LogP contribution in [0.4, 0.5) is 0 Å². The molecule has 0 amide bonds. The lowest BCUT2D eigenvalue weighted by molar-refractivity contribution is 0.217. The van der Waals surface area contributed by atoms with Crippen molar-refractivity contribution in [1.82, 2.24) is 4.31 Å². The molecule has 5 nitrogen and oxygen atoms in total. The smallest absolute Gasteiger partial charge is 0.243 e. The van der Waals surface area contributed by atoms with Gasteiger partial charge < -0.3 is 10.2 Å². The second kappa shape index (κ2) is 6.70. The Morgan fingerprint density at radius 1 is 1.00 bits per heavy atom. The number of hydrogen-bond acceptors (Lipinski definition) is 4. The number of nitrogens with zero attached hydrogens (tertiary/aromatic N) is 1. The molecule has 1 aromatic rings. The van der Waals surface area contributed by atoms with Gasteiger partial charge in [0.25, 0.3) is 0 Å². The molecule has 0 spiro atoms. The summed E-state index contributed by atoms with van der Waals surface area (Å²) in [5.74, 6) is 0. The Hall–Kier alpha value is -0.370. The fourth-order valence-electron chi connectivity index (χ4n) is 1.40. The van der Waals surface area contributed by atoms with Gasteiger partial charge in [-0.1, -0.05) is 23.2 Å². The lowest BCUT2D eigenvalue weighted by atomic mass is 10.4. The first-order chi connectivity index (χ1) is 8.41. The van der Waals surface area contributed by atoms with Crippen LogP contribution in [-0.2, 0) is 10.0 Å².